The Labute approximate surface area is 102 Å². The second-order valence-electron chi connectivity index (χ2n) is 4.20. The zero-order chi connectivity index (χ0) is 12.8. The highest BCUT2D eigenvalue weighted by atomic mass is 16.5. The van der Waals surface area contributed by atoms with Gasteiger partial charge in [0.2, 0.25) is 5.88 Å². The van der Waals surface area contributed by atoms with Gasteiger partial charge >= 0.3 is 0 Å². The number of nitrogen functional groups attached to an aromatic ring is 1. The Kier molecular flexibility index (Phi) is 5.03. The fourth-order valence-corrected chi connectivity index (χ4v) is 1.23. The number of hydrogen-bond donors (Lipinski definition) is 3. The lowest BCUT2D eigenvalue weighted by Gasteiger charge is -2.14. The lowest BCUT2D eigenvalue weighted by atomic mass is 10.3. The fourth-order valence-electron chi connectivity index (χ4n) is 1.23. The van der Waals surface area contributed by atoms with Crippen LogP contribution >= 0.6 is 0 Å². The summed E-state index contributed by atoms with van der Waals surface area (Å²) in [6.07, 6.45) is 0.363. The molecule has 0 saturated heterocycles. The predicted octanol–water partition coefficient (Wildman–Crippen LogP) is 1.63. The summed E-state index contributed by atoms with van der Waals surface area (Å²) in [6, 6.07) is 3.51. The number of aromatic nitrogens is 1. The summed E-state index contributed by atoms with van der Waals surface area (Å²) in [5.41, 5.74) is 6.27. The second kappa shape index (κ2) is 6.30. The van der Waals surface area contributed by atoms with Gasteiger partial charge in [0.15, 0.2) is 0 Å². The van der Waals surface area contributed by atoms with Crippen molar-refractivity contribution in [2.45, 2.75) is 39.4 Å². The van der Waals surface area contributed by atoms with Gasteiger partial charge in [0.1, 0.15) is 5.82 Å². The van der Waals surface area contributed by atoms with Crippen molar-refractivity contribution < 1.29 is 9.84 Å². The topological polar surface area (TPSA) is 80.4 Å². The van der Waals surface area contributed by atoms with Gasteiger partial charge in [-0.1, -0.05) is 6.92 Å². The van der Waals surface area contributed by atoms with Gasteiger partial charge in [-0.3, -0.25) is 0 Å². The number of pyridine rings is 1. The molecular formula is C12H21N3O2. The molecule has 0 aromatic carbocycles. The van der Waals surface area contributed by atoms with Crippen molar-refractivity contribution in [3.8, 4) is 5.88 Å². The number of nitrogens with one attached hydrogen (secondary N) is 1. The molecule has 0 radical (unpaired) electrons. The molecule has 0 amide bonds. The first-order valence-corrected chi connectivity index (χ1v) is 5.88. The number of nitrogens with zero attached hydrogens (tertiary/aromatic N) is 1. The SMILES string of the molecule is CCC(O)CNc1ccc(N)c(OC(C)C)n1. The van der Waals surface area contributed by atoms with Gasteiger partial charge in [-0.25, -0.2) is 0 Å². The first-order valence-electron chi connectivity index (χ1n) is 5.88. The Hall–Kier alpha value is -1.49. The van der Waals surface area contributed by atoms with E-state index in [1.165, 1.54) is 0 Å². The lowest BCUT2D eigenvalue weighted by Crippen LogP contribution is -2.19. The molecular weight excluding hydrogens is 218 g/mol. The van der Waals surface area contributed by atoms with E-state index in [0.29, 0.717) is 30.4 Å². The van der Waals surface area contributed by atoms with Crippen molar-refractivity contribution in [1.29, 1.82) is 0 Å². The Morgan fingerprint density at radius 2 is 2.18 bits per heavy atom. The maximum Gasteiger partial charge on any atom is 0.239 e. The largest absolute Gasteiger partial charge is 0.473 e. The normalized spacial score (nSPS) is 12.5. The number of ether oxygens (including phenoxy) is 1. The highest BCUT2D eigenvalue weighted by Gasteiger charge is 2.07. The summed E-state index contributed by atoms with van der Waals surface area (Å²) in [4.78, 5) is 4.25. The minimum atomic E-state index is -0.371. The van der Waals surface area contributed by atoms with Crippen LogP contribution in [-0.4, -0.2) is 28.8 Å². The average molecular weight is 239 g/mol. The second-order valence-corrected chi connectivity index (χ2v) is 4.20. The quantitative estimate of drug-likeness (QED) is 0.703. The van der Waals surface area contributed by atoms with Crippen molar-refractivity contribution >= 4 is 11.5 Å². The van der Waals surface area contributed by atoms with Gasteiger partial charge in [-0.2, -0.15) is 4.98 Å². The lowest BCUT2D eigenvalue weighted by molar-refractivity contribution is 0.183. The number of aliphatic hydroxyl groups excluding tert-OH is 1. The summed E-state index contributed by atoms with van der Waals surface area (Å²) in [5.74, 6) is 1.08. The van der Waals surface area contributed by atoms with Gasteiger partial charge in [0.05, 0.1) is 17.9 Å². The molecule has 1 aromatic heterocycles. The number of nitrogens with two attached hydrogens (primary N) is 1. The van der Waals surface area contributed by atoms with Gasteiger partial charge in [-0.05, 0) is 32.4 Å². The van der Waals surface area contributed by atoms with Gasteiger partial charge in [0.25, 0.3) is 0 Å². The monoisotopic (exact) mass is 239 g/mol. The molecule has 5 heteroatoms. The summed E-state index contributed by atoms with van der Waals surface area (Å²) in [6.45, 7) is 6.23. The number of aliphatic hydroxyl groups is 1. The highest BCUT2D eigenvalue weighted by molar-refractivity contribution is 5.53. The van der Waals surface area contributed by atoms with Crippen LogP contribution in [0.5, 0.6) is 5.88 Å². The van der Waals surface area contributed by atoms with Crippen LogP contribution in [0.4, 0.5) is 11.5 Å². The molecule has 1 unspecified atom stereocenters. The first-order chi connectivity index (χ1) is 8.02. The van der Waals surface area contributed by atoms with Crippen LogP contribution in [-0.2, 0) is 0 Å². The number of rotatable bonds is 6. The summed E-state index contributed by atoms with van der Waals surface area (Å²) >= 11 is 0. The maximum atomic E-state index is 9.44. The first kappa shape index (κ1) is 13.6. The van der Waals surface area contributed by atoms with Crippen LogP contribution < -0.4 is 15.8 Å². The van der Waals surface area contributed by atoms with Crippen LogP contribution in [0, 0.1) is 0 Å². The minimum Gasteiger partial charge on any atom is -0.473 e. The maximum absolute atomic E-state index is 9.44. The molecule has 96 valence electrons. The molecule has 4 N–H and O–H groups in total. The zero-order valence-electron chi connectivity index (χ0n) is 10.6. The smallest absolute Gasteiger partial charge is 0.239 e. The van der Waals surface area contributed by atoms with E-state index in [1.54, 1.807) is 12.1 Å². The summed E-state index contributed by atoms with van der Waals surface area (Å²) in [7, 11) is 0. The molecule has 0 aliphatic rings. The number of hydrogen-bond acceptors (Lipinski definition) is 5. The van der Waals surface area contributed by atoms with Crippen LogP contribution in [0.2, 0.25) is 0 Å². The van der Waals surface area contributed by atoms with Gasteiger partial charge in [-0.15, -0.1) is 0 Å². The molecule has 1 rings (SSSR count). The Morgan fingerprint density at radius 3 is 2.76 bits per heavy atom. The van der Waals surface area contributed by atoms with Crippen molar-refractivity contribution in [3.05, 3.63) is 12.1 Å². The minimum absolute atomic E-state index is 0.0290. The molecule has 1 atom stereocenters. The molecule has 0 aliphatic carbocycles. The zero-order valence-corrected chi connectivity index (χ0v) is 10.6. The Balaban J connectivity index is 2.67. The van der Waals surface area contributed by atoms with E-state index in [1.807, 2.05) is 20.8 Å². The van der Waals surface area contributed by atoms with Crippen molar-refractivity contribution in [3.63, 3.8) is 0 Å². The van der Waals surface area contributed by atoms with Gasteiger partial charge < -0.3 is 20.9 Å². The third-order valence-corrected chi connectivity index (χ3v) is 2.23. The number of anilines is 2. The van der Waals surface area contributed by atoms with E-state index in [0.717, 1.165) is 0 Å². The third kappa shape index (κ3) is 4.48. The van der Waals surface area contributed by atoms with E-state index in [9.17, 15) is 5.11 Å². The molecule has 0 saturated carbocycles. The fraction of sp³-hybridized carbons (Fsp3) is 0.583. The Morgan fingerprint density at radius 1 is 1.47 bits per heavy atom. The van der Waals surface area contributed by atoms with Crippen molar-refractivity contribution in [2.75, 3.05) is 17.6 Å². The van der Waals surface area contributed by atoms with Gasteiger partial charge in [0, 0.05) is 6.54 Å². The van der Waals surface area contributed by atoms with E-state index >= 15 is 0 Å². The van der Waals surface area contributed by atoms with Crippen LogP contribution in [0.25, 0.3) is 0 Å². The Bertz CT molecular complexity index is 356. The van der Waals surface area contributed by atoms with Crippen molar-refractivity contribution in [1.82, 2.24) is 4.98 Å². The predicted molar refractivity (Wildman–Crippen MR) is 69.2 cm³/mol. The van der Waals surface area contributed by atoms with E-state index in [-0.39, 0.29) is 12.2 Å². The molecule has 17 heavy (non-hydrogen) atoms. The molecule has 0 aliphatic heterocycles. The molecule has 1 heterocycles. The molecule has 0 fully saturated rings. The standard InChI is InChI=1S/C12H21N3O2/c1-4-9(16)7-14-11-6-5-10(13)12(15-11)17-8(2)3/h5-6,8-9,16H,4,7,13H2,1-3H3,(H,14,15). The third-order valence-electron chi connectivity index (χ3n) is 2.23. The van der Waals surface area contributed by atoms with Crippen LogP contribution in [0.15, 0.2) is 12.1 Å². The molecule has 1 aromatic rings. The van der Waals surface area contributed by atoms with E-state index < -0.39 is 0 Å². The van der Waals surface area contributed by atoms with Crippen LogP contribution in [0.1, 0.15) is 27.2 Å². The van der Waals surface area contributed by atoms with E-state index in [2.05, 4.69) is 10.3 Å². The van der Waals surface area contributed by atoms with E-state index in [4.69, 9.17) is 10.5 Å². The summed E-state index contributed by atoms with van der Waals surface area (Å²) in [5, 5.41) is 12.5. The van der Waals surface area contributed by atoms with Crippen molar-refractivity contribution in [2.24, 2.45) is 0 Å². The molecule has 5 nitrogen and oxygen atoms in total. The molecule has 0 bridgehead atoms. The summed E-state index contributed by atoms with van der Waals surface area (Å²) < 4.78 is 5.48. The van der Waals surface area contributed by atoms with Crippen LogP contribution in [0.3, 0.4) is 0 Å². The molecule has 0 spiro atoms. The highest BCUT2D eigenvalue weighted by Crippen LogP contribution is 2.21. The average Bonchev–Trinajstić information content (AvgIpc) is 2.29.